The Hall–Kier alpha value is -3.60. The number of benzene rings is 2. The number of aromatic nitrogens is 2. The van der Waals surface area contributed by atoms with E-state index in [0.29, 0.717) is 5.52 Å². The van der Waals surface area contributed by atoms with Crippen molar-refractivity contribution in [3.05, 3.63) is 58.4 Å². The van der Waals surface area contributed by atoms with Gasteiger partial charge in [0.05, 0.1) is 22.9 Å². The number of hydrogen-bond donors (Lipinski definition) is 2. The van der Waals surface area contributed by atoms with Gasteiger partial charge in [-0.05, 0) is 62.7 Å². The van der Waals surface area contributed by atoms with Crippen LogP contribution in [-0.4, -0.2) is 54.6 Å². The van der Waals surface area contributed by atoms with E-state index in [4.69, 9.17) is 4.74 Å². The Labute approximate surface area is 211 Å². The summed E-state index contributed by atoms with van der Waals surface area (Å²) in [5.74, 6) is -1.33. The van der Waals surface area contributed by atoms with E-state index >= 15 is 0 Å². The largest absolute Gasteiger partial charge is 0.453 e. The highest BCUT2D eigenvalue weighted by atomic mass is 32.2. The van der Waals surface area contributed by atoms with Gasteiger partial charge >= 0.3 is 10.2 Å². The van der Waals surface area contributed by atoms with Gasteiger partial charge in [-0.2, -0.15) is 18.0 Å². The van der Waals surface area contributed by atoms with Gasteiger partial charge in [-0.25, -0.2) is 13.8 Å². The number of halogens is 2. The predicted molar refractivity (Wildman–Crippen MR) is 132 cm³/mol. The molecule has 0 saturated carbocycles. The zero-order valence-electron chi connectivity index (χ0n) is 19.7. The maximum absolute atomic E-state index is 14.8. The number of nitrogens with one attached hydrogen (secondary N) is 2. The third-order valence-electron chi connectivity index (χ3n) is 6.57. The van der Waals surface area contributed by atoms with Crippen molar-refractivity contribution in [2.45, 2.75) is 31.5 Å². The lowest BCUT2D eigenvalue weighted by Crippen LogP contribution is -2.34. The summed E-state index contributed by atoms with van der Waals surface area (Å²) in [6, 6.07) is 8.30. The molecule has 0 bridgehead atoms. The quantitative estimate of drug-likeness (QED) is 0.501. The topological polar surface area (TPSA) is 129 Å². The van der Waals surface area contributed by atoms with E-state index in [2.05, 4.69) is 15.0 Å². The maximum Gasteiger partial charge on any atom is 0.301 e. The number of hydrogen-bond acceptors (Lipinski definition) is 7. The molecule has 37 heavy (non-hydrogen) atoms. The highest BCUT2D eigenvalue weighted by Crippen LogP contribution is 2.34. The lowest BCUT2D eigenvalue weighted by atomic mass is 10.1. The molecule has 1 unspecified atom stereocenters. The molecule has 0 amide bonds. The second kappa shape index (κ2) is 10.0. The molecule has 0 aliphatic carbocycles. The minimum absolute atomic E-state index is 0.00541. The van der Waals surface area contributed by atoms with Crippen molar-refractivity contribution in [3.8, 4) is 17.6 Å². The third kappa shape index (κ3) is 5.00. The van der Waals surface area contributed by atoms with Gasteiger partial charge in [-0.1, -0.05) is 0 Å². The van der Waals surface area contributed by atoms with Gasteiger partial charge in [-0.15, -0.1) is 0 Å². The van der Waals surface area contributed by atoms with Gasteiger partial charge < -0.3 is 10.1 Å². The minimum Gasteiger partial charge on any atom is -0.453 e. The number of rotatable bonds is 6. The van der Waals surface area contributed by atoms with Crippen molar-refractivity contribution in [3.63, 3.8) is 0 Å². The predicted octanol–water partition coefficient (Wildman–Crippen LogP) is 2.82. The summed E-state index contributed by atoms with van der Waals surface area (Å²) in [6.07, 6.45) is 1.88. The monoisotopic (exact) mass is 530 g/mol. The molecule has 5 rings (SSSR count). The molecule has 0 radical (unpaired) electrons. The number of alkyl halides is 1. The number of anilines is 1. The fourth-order valence-corrected chi connectivity index (χ4v) is 5.88. The molecule has 2 saturated heterocycles. The van der Waals surface area contributed by atoms with Crippen LogP contribution in [0.15, 0.2) is 41.5 Å². The number of piperidine rings is 1. The first-order chi connectivity index (χ1) is 17.8. The Kier molecular flexibility index (Phi) is 6.80. The molecule has 13 heteroatoms. The van der Waals surface area contributed by atoms with Crippen LogP contribution in [0.4, 0.5) is 14.5 Å². The molecule has 194 valence electrons. The zero-order chi connectivity index (χ0) is 26.2. The average Bonchev–Trinajstić information content (AvgIpc) is 3.34. The van der Waals surface area contributed by atoms with Crippen molar-refractivity contribution in [2.75, 3.05) is 30.9 Å². The lowest BCUT2D eigenvalue weighted by molar-refractivity contribution is 0.343. The molecule has 3 heterocycles. The summed E-state index contributed by atoms with van der Waals surface area (Å²) in [4.78, 5) is 17.6. The highest BCUT2D eigenvalue weighted by Gasteiger charge is 2.32. The van der Waals surface area contributed by atoms with E-state index in [0.717, 1.165) is 42.4 Å². The molecule has 3 aromatic rings. The summed E-state index contributed by atoms with van der Waals surface area (Å²) in [5.41, 5.74) is -0.432. The molecular formula is C24H24F2N6O4S. The van der Waals surface area contributed by atoms with Crippen LogP contribution < -0.4 is 20.3 Å². The summed E-state index contributed by atoms with van der Waals surface area (Å²) in [5, 5.41) is 13.2. The van der Waals surface area contributed by atoms with Gasteiger partial charge in [0.25, 0.3) is 5.56 Å². The van der Waals surface area contributed by atoms with E-state index in [9.17, 15) is 27.3 Å². The normalized spacial score (nSPS) is 19.1. The number of nitrogens with zero attached hydrogens (tertiary/aromatic N) is 4. The standard InChI is InChI=1S/C24H24F2N6O4S/c25-15-7-10-31(13-15)37(34,35)30-22-4-2-20(26)23(19(22)12-27)36-17-1-3-21-18(11-17)24(33)32(14-29-21)16-5-8-28-9-6-16/h1-4,11,14-16,28,30H,5-10,13H2. The van der Waals surface area contributed by atoms with Crippen LogP contribution in [0.5, 0.6) is 11.5 Å². The van der Waals surface area contributed by atoms with Crippen LogP contribution in [0, 0.1) is 17.1 Å². The van der Waals surface area contributed by atoms with Crippen LogP contribution in [0.1, 0.15) is 30.9 Å². The van der Waals surface area contributed by atoms with Gasteiger partial charge in [0.2, 0.25) is 0 Å². The average molecular weight is 531 g/mol. The second-order valence-electron chi connectivity index (χ2n) is 8.98. The molecule has 1 atom stereocenters. The first-order valence-electron chi connectivity index (χ1n) is 11.8. The van der Waals surface area contributed by atoms with Gasteiger partial charge in [0.1, 0.15) is 23.6 Å². The third-order valence-corrected chi connectivity index (χ3v) is 8.06. The first kappa shape index (κ1) is 25.1. The number of ether oxygens (including phenoxy) is 1. The summed E-state index contributed by atoms with van der Waals surface area (Å²) in [7, 11) is -4.17. The summed E-state index contributed by atoms with van der Waals surface area (Å²) < 4.78 is 64.1. The molecule has 2 aliphatic rings. The Bertz CT molecular complexity index is 1550. The van der Waals surface area contributed by atoms with Gasteiger partial charge in [0.15, 0.2) is 11.6 Å². The first-order valence-corrected chi connectivity index (χ1v) is 13.2. The smallest absolute Gasteiger partial charge is 0.301 e. The van der Waals surface area contributed by atoms with Crippen LogP contribution in [0.25, 0.3) is 10.9 Å². The summed E-state index contributed by atoms with van der Waals surface area (Å²) in [6.45, 7) is 1.27. The van der Waals surface area contributed by atoms with E-state index in [-0.39, 0.29) is 47.9 Å². The van der Waals surface area contributed by atoms with Crippen molar-refractivity contribution in [2.24, 2.45) is 0 Å². The van der Waals surface area contributed by atoms with E-state index in [1.807, 2.05) is 0 Å². The molecule has 2 N–H and O–H groups in total. The van der Waals surface area contributed by atoms with Crippen molar-refractivity contribution < 1.29 is 21.9 Å². The number of nitriles is 1. The Balaban J connectivity index is 1.48. The van der Waals surface area contributed by atoms with Gasteiger partial charge in [0, 0.05) is 19.1 Å². The fourth-order valence-electron chi connectivity index (χ4n) is 4.60. The van der Waals surface area contributed by atoms with Crippen LogP contribution in [0.3, 0.4) is 0 Å². The molecule has 2 aromatic carbocycles. The van der Waals surface area contributed by atoms with E-state index < -0.39 is 33.5 Å². The van der Waals surface area contributed by atoms with Crippen molar-refractivity contribution in [1.29, 1.82) is 5.26 Å². The van der Waals surface area contributed by atoms with E-state index in [1.165, 1.54) is 18.5 Å². The lowest BCUT2D eigenvalue weighted by Gasteiger charge is -2.24. The Morgan fingerprint density at radius 3 is 2.68 bits per heavy atom. The SMILES string of the molecule is N#Cc1c(NS(=O)(=O)N2CCC(F)C2)ccc(F)c1Oc1ccc2ncn(C3CCNCC3)c(=O)c2c1. The second-order valence-corrected chi connectivity index (χ2v) is 10.7. The molecule has 10 nitrogen and oxygen atoms in total. The van der Waals surface area contributed by atoms with Crippen molar-refractivity contribution in [1.82, 2.24) is 19.2 Å². The molecule has 2 aliphatic heterocycles. The molecule has 2 fully saturated rings. The molecule has 1 aromatic heterocycles. The maximum atomic E-state index is 14.8. The Morgan fingerprint density at radius 1 is 1.19 bits per heavy atom. The van der Waals surface area contributed by atoms with Crippen LogP contribution in [-0.2, 0) is 10.2 Å². The Morgan fingerprint density at radius 2 is 1.97 bits per heavy atom. The minimum atomic E-state index is -4.17. The van der Waals surface area contributed by atoms with E-state index in [1.54, 1.807) is 16.7 Å². The number of fused-ring (bicyclic) bond motifs is 1. The fraction of sp³-hybridized carbons (Fsp3) is 0.375. The summed E-state index contributed by atoms with van der Waals surface area (Å²) >= 11 is 0. The van der Waals surface area contributed by atoms with Gasteiger partial charge in [-0.3, -0.25) is 14.1 Å². The molecular weight excluding hydrogens is 506 g/mol. The van der Waals surface area contributed by atoms with Crippen molar-refractivity contribution >= 4 is 26.8 Å². The zero-order valence-corrected chi connectivity index (χ0v) is 20.5. The van der Waals surface area contributed by atoms with Crippen LogP contribution >= 0.6 is 0 Å². The van der Waals surface area contributed by atoms with Crippen LogP contribution in [0.2, 0.25) is 0 Å². The highest BCUT2D eigenvalue weighted by molar-refractivity contribution is 7.90. The molecule has 0 spiro atoms.